The van der Waals surface area contributed by atoms with Crippen LogP contribution < -0.4 is 5.32 Å². The van der Waals surface area contributed by atoms with Crippen LogP contribution in [0.4, 0.5) is 4.79 Å². The number of amides is 2. The molecule has 4 heteroatoms. The standard InChI is InChI=1S/C13H17NO3/c1-17-13(16)14-12(15)10-6-5-9-11-7-3-2-4-8-11/h2-4,7-8H,5-6,9-10H2,1H3,(H,14,15,16). The third-order valence-electron chi connectivity index (χ3n) is 2.39. The van der Waals surface area contributed by atoms with Crippen LogP contribution in [0, 0.1) is 0 Å². The average molecular weight is 235 g/mol. The summed E-state index contributed by atoms with van der Waals surface area (Å²) < 4.78 is 4.33. The predicted molar refractivity (Wildman–Crippen MR) is 64.5 cm³/mol. The normalized spacial score (nSPS) is 9.71. The molecule has 1 N–H and O–H groups in total. The lowest BCUT2D eigenvalue weighted by atomic mass is 10.1. The van der Waals surface area contributed by atoms with Crippen molar-refractivity contribution >= 4 is 12.0 Å². The maximum absolute atomic E-state index is 11.2. The Labute approximate surface area is 101 Å². The minimum absolute atomic E-state index is 0.287. The fourth-order valence-electron chi connectivity index (χ4n) is 1.49. The van der Waals surface area contributed by atoms with Crippen LogP contribution in [-0.4, -0.2) is 19.1 Å². The molecule has 0 aliphatic rings. The van der Waals surface area contributed by atoms with Gasteiger partial charge in [-0.15, -0.1) is 0 Å². The Hall–Kier alpha value is -1.84. The molecule has 0 aliphatic carbocycles. The quantitative estimate of drug-likeness (QED) is 0.796. The fraction of sp³-hybridized carbons (Fsp3) is 0.385. The first kappa shape index (κ1) is 13.2. The maximum Gasteiger partial charge on any atom is 0.413 e. The number of hydrogen-bond donors (Lipinski definition) is 1. The van der Waals surface area contributed by atoms with Gasteiger partial charge in [0.1, 0.15) is 0 Å². The van der Waals surface area contributed by atoms with E-state index in [4.69, 9.17) is 0 Å². The van der Waals surface area contributed by atoms with Gasteiger partial charge in [0.25, 0.3) is 0 Å². The van der Waals surface area contributed by atoms with Crippen molar-refractivity contribution in [3.8, 4) is 0 Å². The van der Waals surface area contributed by atoms with Gasteiger partial charge in [0.2, 0.25) is 5.91 Å². The molecule has 0 saturated heterocycles. The molecular weight excluding hydrogens is 218 g/mol. The van der Waals surface area contributed by atoms with Crippen LogP contribution in [0.15, 0.2) is 30.3 Å². The van der Waals surface area contributed by atoms with Crippen molar-refractivity contribution < 1.29 is 14.3 Å². The molecule has 2 amide bonds. The van der Waals surface area contributed by atoms with Crippen LogP contribution in [0.3, 0.4) is 0 Å². The topological polar surface area (TPSA) is 55.4 Å². The Morgan fingerprint density at radius 2 is 1.88 bits per heavy atom. The summed E-state index contributed by atoms with van der Waals surface area (Å²) in [6.45, 7) is 0. The number of ether oxygens (including phenoxy) is 1. The summed E-state index contributed by atoms with van der Waals surface area (Å²) in [7, 11) is 1.23. The summed E-state index contributed by atoms with van der Waals surface area (Å²) in [5.74, 6) is -0.287. The van der Waals surface area contributed by atoms with Crippen molar-refractivity contribution in [3.63, 3.8) is 0 Å². The monoisotopic (exact) mass is 235 g/mol. The van der Waals surface area contributed by atoms with Gasteiger partial charge < -0.3 is 4.74 Å². The highest BCUT2D eigenvalue weighted by molar-refractivity contribution is 5.91. The van der Waals surface area contributed by atoms with Crippen LogP contribution in [-0.2, 0) is 16.0 Å². The summed E-state index contributed by atoms with van der Waals surface area (Å²) in [6.07, 6.45) is 2.29. The molecule has 0 radical (unpaired) electrons. The zero-order valence-electron chi connectivity index (χ0n) is 9.94. The van der Waals surface area contributed by atoms with Crippen LogP contribution in [0.2, 0.25) is 0 Å². The van der Waals surface area contributed by atoms with Gasteiger partial charge >= 0.3 is 6.09 Å². The minimum atomic E-state index is -0.696. The number of carbonyl (C=O) groups is 2. The Balaban J connectivity index is 2.12. The summed E-state index contributed by atoms with van der Waals surface area (Å²) in [5.41, 5.74) is 1.26. The summed E-state index contributed by atoms with van der Waals surface area (Å²) in [4.78, 5) is 21.9. The number of nitrogens with one attached hydrogen (secondary N) is 1. The van der Waals surface area contributed by atoms with E-state index in [1.165, 1.54) is 12.7 Å². The van der Waals surface area contributed by atoms with Crippen molar-refractivity contribution in [2.45, 2.75) is 25.7 Å². The first-order chi connectivity index (χ1) is 8.22. The van der Waals surface area contributed by atoms with Crippen molar-refractivity contribution in [2.24, 2.45) is 0 Å². The number of alkyl carbamates (subject to hydrolysis) is 1. The molecule has 0 aliphatic heterocycles. The van der Waals surface area contributed by atoms with E-state index in [2.05, 4.69) is 22.2 Å². The molecule has 1 rings (SSSR count). The molecule has 0 unspecified atom stereocenters. The van der Waals surface area contributed by atoms with E-state index in [1.807, 2.05) is 18.2 Å². The second kappa shape index (κ2) is 7.44. The van der Waals surface area contributed by atoms with E-state index in [0.717, 1.165) is 19.3 Å². The number of unbranched alkanes of at least 4 members (excludes halogenated alkanes) is 1. The molecule has 4 nitrogen and oxygen atoms in total. The van der Waals surface area contributed by atoms with E-state index in [0.29, 0.717) is 6.42 Å². The summed E-state index contributed by atoms with van der Waals surface area (Å²) in [5, 5.41) is 2.13. The number of rotatable bonds is 5. The van der Waals surface area contributed by atoms with Gasteiger partial charge in [0.15, 0.2) is 0 Å². The van der Waals surface area contributed by atoms with Crippen molar-refractivity contribution in [1.82, 2.24) is 5.32 Å². The Morgan fingerprint density at radius 3 is 2.53 bits per heavy atom. The smallest absolute Gasteiger partial charge is 0.413 e. The average Bonchev–Trinajstić information content (AvgIpc) is 2.36. The molecule has 17 heavy (non-hydrogen) atoms. The molecule has 92 valence electrons. The van der Waals surface area contributed by atoms with Crippen molar-refractivity contribution in [3.05, 3.63) is 35.9 Å². The van der Waals surface area contributed by atoms with E-state index >= 15 is 0 Å². The van der Waals surface area contributed by atoms with Crippen LogP contribution in [0.25, 0.3) is 0 Å². The van der Waals surface area contributed by atoms with Gasteiger partial charge in [-0.25, -0.2) is 4.79 Å². The van der Waals surface area contributed by atoms with Crippen LogP contribution in [0.1, 0.15) is 24.8 Å². The predicted octanol–water partition coefficient (Wildman–Crippen LogP) is 2.28. The lowest BCUT2D eigenvalue weighted by Gasteiger charge is -2.03. The summed E-state index contributed by atoms with van der Waals surface area (Å²) >= 11 is 0. The molecule has 0 aromatic heterocycles. The van der Waals surface area contributed by atoms with Gasteiger partial charge in [-0.1, -0.05) is 30.3 Å². The molecule has 0 saturated carbocycles. The highest BCUT2D eigenvalue weighted by atomic mass is 16.5. The molecule has 0 bridgehead atoms. The first-order valence-corrected chi connectivity index (χ1v) is 5.64. The number of methoxy groups -OCH3 is 1. The van der Waals surface area contributed by atoms with Gasteiger partial charge in [-0.05, 0) is 24.8 Å². The lowest BCUT2D eigenvalue weighted by molar-refractivity contribution is -0.120. The number of carbonyl (C=O) groups excluding carboxylic acids is 2. The van der Waals surface area contributed by atoms with Crippen molar-refractivity contribution in [2.75, 3.05) is 7.11 Å². The van der Waals surface area contributed by atoms with Gasteiger partial charge in [0, 0.05) is 6.42 Å². The van der Waals surface area contributed by atoms with E-state index in [9.17, 15) is 9.59 Å². The number of hydrogen-bond acceptors (Lipinski definition) is 3. The Bertz CT molecular complexity index is 362. The van der Waals surface area contributed by atoms with Gasteiger partial charge in [0.05, 0.1) is 7.11 Å². The Morgan fingerprint density at radius 1 is 1.18 bits per heavy atom. The molecular formula is C13H17NO3. The second-order valence-corrected chi connectivity index (χ2v) is 3.73. The molecule has 1 aromatic rings. The molecule has 1 aromatic carbocycles. The minimum Gasteiger partial charge on any atom is -0.453 e. The highest BCUT2D eigenvalue weighted by Gasteiger charge is 2.06. The van der Waals surface area contributed by atoms with Gasteiger partial charge in [-0.2, -0.15) is 0 Å². The summed E-state index contributed by atoms with van der Waals surface area (Å²) in [6, 6.07) is 10.1. The third kappa shape index (κ3) is 5.70. The molecule has 0 heterocycles. The van der Waals surface area contributed by atoms with E-state index < -0.39 is 6.09 Å². The lowest BCUT2D eigenvalue weighted by Crippen LogP contribution is -2.29. The third-order valence-corrected chi connectivity index (χ3v) is 2.39. The highest BCUT2D eigenvalue weighted by Crippen LogP contribution is 2.05. The first-order valence-electron chi connectivity index (χ1n) is 5.64. The SMILES string of the molecule is COC(=O)NC(=O)CCCCc1ccccc1. The molecule has 0 atom stereocenters. The molecule has 0 spiro atoms. The number of benzene rings is 1. The fourth-order valence-corrected chi connectivity index (χ4v) is 1.49. The molecule has 0 fully saturated rings. The largest absolute Gasteiger partial charge is 0.453 e. The number of aryl methyl sites for hydroxylation is 1. The van der Waals surface area contributed by atoms with Crippen molar-refractivity contribution in [1.29, 1.82) is 0 Å². The van der Waals surface area contributed by atoms with Gasteiger partial charge in [-0.3, -0.25) is 10.1 Å². The van der Waals surface area contributed by atoms with Crippen LogP contribution in [0.5, 0.6) is 0 Å². The van der Waals surface area contributed by atoms with Crippen LogP contribution >= 0.6 is 0 Å². The zero-order valence-corrected chi connectivity index (χ0v) is 9.94. The number of imide groups is 1. The van der Waals surface area contributed by atoms with E-state index in [1.54, 1.807) is 0 Å². The second-order valence-electron chi connectivity index (χ2n) is 3.73. The zero-order chi connectivity index (χ0) is 12.5. The Kier molecular flexibility index (Phi) is 5.79. The maximum atomic E-state index is 11.2. The van der Waals surface area contributed by atoms with E-state index in [-0.39, 0.29) is 5.91 Å².